The van der Waals surface area contributed by atoms with Gasteiger partial charge in [-0.1, -0.05) is 46.2 Å². The Kier molecular flexibility index (Phi) is 9.32. The molecular weight excluding hydrogens is 517 g/mol. The van der Waals surface area contributed by atoms with Crippen molar-refractivity contribution in [1.82, 2.24) is 26.0 Å². The van der Waals surface area contributed by atoms with Crippen molar-refractivity contribution in [2.75, 3.05) is 19.6 Å². The highest BCUT2D eigenvalue weighted by Gasteiger charge is 2.49. The molecule has 1 saturated carbocycles. The number of hydrogen-bond acceptors (Lipinski definition) is 5. The first-order chi connectivity index (χ1) is 17.7. The minimum atomic E-state index is -2.41. The summed E-state index contributed by atoms with van der Waals surface area (Å²) >= 11 is 5.42. The van der Waals surface area contributed by atoms with E-state index in [9.17, 15) is 28.4 Å². The number of carbonyl (C=O) groups is 5. The van der Waals surface area contributed by atoms with E-state index in [1.54, 1.807) is 0 Å². The molecule has 0 aromatic heterocycles. The third-order valence-electron chi connectivity index (χ3n) is 7.98. The summed E-state index contributed by atoms with van der Waals surface area (Å²) in [6.07, 6.45) is 3.65. The van der Waals surface area contributed by atoms with Crippen molar-refractivity contribution >= 4 is 41.1 Å². The van der Waals surface area contributed by atoms with Crippen LogP contribution >= 0.6 is 11.6 Å². The van der Waals surface area contributed by atoms with Crippen molar-refractivity contribution in [3.8, 4) is 0 Å². The van der Waals surface area contributed by atoms with Gasteiger partial charge in [0.15, 0.2) is 0 Å². The first kappa shape index (κ1) is 30.1. The molecule has 214 valence electrons. The zero-order chi connectivity index (χ0) is 28.4. The Bertz CT molecular complexity index is 954. The van der Waals surface area contributed by atoms with Gasteiger partial charge in [0.05, 0.1) is 12.5 Å². The number of hydrazine groups is 1. The molecule has 0 aromatic rings. The van der Waals surface area contributed by atoms with Crippen molar-refractivity contribution < 1.29 is 28.4 Å². The molecule has 0 aromatic carbocycles. The first-order valence-electron chi connectivity index (χ1n) is 13.5. The number of hydrogen-bond donors (Lipinski definition) is 3. The smallest absolute Gasteiger partial charge is 0.291 e. The van der Waals surface area contributed by atoms with Crippen LogP contribution in [0.15, 0.2) is 0 Å². The fourth-order valence-electron chi connectivity index (χ4n) is 5.05. The zero-order valence-corrected chi connectivity index (χ0v) is 23.7. The van der Waals surface area contributed by atoms with Crippen LogP contribution in [0.5, 0.6) is 0 Å². The summed E-state index contributed by atoms with van der Waals surface area (Å²) < 4.78 is 13.8. The lowest BCUT2D eigenvalue weighted by atomic mass is 9.80. The van der Waals surface area contributed by atoms with Gasteiger partial charge in [0.2, 0.25) is 17.7 Å². The molecule has 3 aliphatic rings. The minimum absolute atomic E-state index is 0.0900. The summed E-state index contributed by atoms with van der Waals surface area (Å²) in [5, 5.41) is 6.39. The monoisotopic (exact) mass is 557 g/mol. The average Bonchev–Trinajstić information content (AvgIpc) is 3.65. The Hall–Kier alpha value is -2.43. The number of rotatable bonds is 9. The SMILES string of the molecule is CCC(C)(C)[C@H](NC(=O)C1CC1)C(=O)N1CC(C)(C)C[C@H]1C(=O)NN(C[C@@H]1CCCNC1=O)C(=O)[C@H](F)Cl. The largest absolute Gasteiger partial charge is 0.356 e. The highest BCUT2D eigenvalue weighted by molar-refractivity contribution is 6.29. The van der Waals surface area contributed by atoms with Crippen molar-refractivity contribution in [2.24, 2.45) is 22.7 Å². The number of alkyl halides is 2. The second-order valence-electron chi connectivity index (χ2n) is 12.3. The van der Waals surface area contributed by atoms with Gasteiger partial charge in [0.25, 0.3) is 17.4 Å². The van der Waals surface area contributed by atoms with E-state index in [0.717, 1.165) is 17.9 Å². The van der Waals surface area contributed by atoms with Crippen LogP contribution in [0.25, 0.3) is 0 Å². The first-order valence-corrected chi connectivity index (χ1v) is 13.9. The van der Waals surface area contributed by atoms with E-state index in [1.165, 1.54) is 4.90 Å². The predicted molar refractivity (Wildman–Crippen MR) is 139 cm³/mol. The van der Waals surface area contributed by atoms with Crippen LogP contribution < -0.4 is 16.1 Å². The van der Waals surface area contributed by atoms with E-state index < -0.39 is 46.3 Å². The number of amides is 5. The van der Waals surface area contributed by atoms with Gasteiger partial charge in [-0.25, -0.2) is 9.40 Å². The highest BCUT2D eigenvalue weighted by Crippen LogP contribution is 2.37. The molecular formula is C26H41ClFN5O5. The number of nitrogens with one attached hydrogen (secondary N) is 3. The molecule has 0 spiro atoms. The summed E-state index contributed by atoms with van der Waals surface area (Å²) in [7, 11) is 0. The molecule has 0 radical (unpaired) electrons. The maximum Gasteiger partial charge on any atom is 0.291 e. The standard InChI is InChI=1S/C26H41ClFN5O5/c1-6-26(4,5)18(30-21(35)15-9-10-15)23(37)32-14-25(2,3)12-17(32)22(36)31-33(24(38)19(27)28)13-16-8-7-11-29-20(16)34/h15-19H,6-14H2,1-5H3,(H,29,34)(H,30,35)(H,31,36)/t16-,17-,18+,19-/m0/s1. The van der Waals surface area contributed by atoms with Crippen LogP contribution in [0.2, 0.25) is 0 Å². The molecule has 1 aliphatic carbocycles. The highest BCUT2D eigenvalue weighted by atomic mass is 35.5. The van der Waals surface area contributed by atoms with E-state index in [-0.39, 0.29) is 36.7 Å². The summed E-state index contributed by atoms with van der Waals surface area (Å²) in [6, 6.07) is -1.80. The molecule has 4 atom stereocenters. The van der Waals surface area contributed by atoms with E-state index in [0.29, 0.717) is 32.2 Å². The maximum absolute atomic E-state index is 13.9. The van der Waals surface area contributed by atoms with Crippen LogP contribution in [0.3, 0.4) is 0 Å². The Morgan fingerprint density at radius 2 is 1.87 bits per heavy atom. The third kappa shape index (κ3) is 7.15. The van der Waals surface area contributed by atoms with Crippen LogP contribution in [-0.2, 0) is 24.0 Å². The fraction of sp³-hybridized carbons (Fsp3) is 0.808. The maximum atomic E-state index is 13.9. The second kappa shape index (κ2) is 11.8. The Morgan fingerprint density at radius 3 is 2.42 bits per heavy atom. The van der Waals surface area contributed by atoms with E-state index in [2.05, 4.69) is 16.1 Å². The van der Waals surface area contributed by atoms with Crippen molar-refractivity contribution in [3.63, 3.8) is 0 Å². The number of carbonyl (C=O) groups excluding carboxylic acids is 5. The molecule has 2 aliphatic heterocycles. The normalized spacial score (nSPS) is 24.7. The van der Waals surface area contributed by atoms with Crippen molar-refractivity contribution in [3.05, 3.63) is 0 Å². The molecule has 2 heterocycles. The lowest BCUT2D eigenvalue weighted by molar-refractivity contribution is -0.150. The second-order valence-corrected chi connectivity index (χ2v) is 12.6. The molecule has 3 rings (SSSR count). The quantitative estimate of drug-likeness (QED) is 0.294. The van der Waals surface area contributed by atoms with Crippen molar-refractivity contribution in [2.45, 2.75) is 90.9 Å². The van der Waals surface area contributed by atoms with E-state index in [1.807, 2.05) is 34.6 Å². The minimum Gasteiger partial charge on any atom is -0.356 e. The number of halogens is 2. The Balaban J connectivity index is 1.83. The summed E-state index contributed by atoms with van der Waals surface area (Å²) in [6.45, 7) is 10.1. The number of nitrogens with zero attached hydrogens (tertiary/aromatic N) is 2. The Morgan fingerprint density at radius 1 is 1.21 bits per heavy atom. The van der Waals surface area contributed by atoms with Gasteiger partial charge in [-0.3, -0.25) is 29.4 Å². The molecule has 3 fully saturated rings. The van der Waals surface area contributed by atoms with Crippen molar-refractivity contribution in [1.29, 1.82) is 0 Å². The van der Waals surface area contributed by atoms with E-state index in [4.69, 9.17) is 11.6 Å². The number of piperidine rings is 1. The number of likely N-dealkylation sites (tertiary alicyclic amines) is 1. The molecule has 12 heteroatoms. The molecule has 38 heavy (non-hydrogen) atoms. The van der Waals surface area contributed by atoms with Gasteiger partial charge in [0, 0.05) is 19.0 Å². The average molecular weight is 558 g/mol. The Labute approximate surface area is 228 Å². The molecule has 2 saturated heterocycles. The van der Waals surface area contributed by atoms with Gasteiger partial charge < -0.3 is 15.5 Å². The topological polar surface area (TPSA) is 128 Å². The van der Waals surface area contributed by atoms with Gasteiger partial charge in [-0.2, -0.15) is 0 Å². The third-order valence-corrected chi connectivity index (χ3v) is 8.17. The fourth-order valence-corrected chi connectivity index (χ4v) is 5.17. The lowest BCUT2D eigenvalue weighted by Crippen LogP contribution is -2.60. The van der Waals surface area contributed by atoms with Crippen LogP contribution in [0.4, 0.5) is 4.39 Å². The van der Waals surface area contributed by atoms with Gasteiger partial charge >= 0.3 is 0 Å². The van der Waals surface area contributed by atoms with Gasteiger partial charge in [0.1, 0.15) is 12.1 Å². The molecule has 5 amide bonds. The lowest BCUT2D eigenvalue weighted by Gasteiger charge is -2.38. The molecule has 0 unspecified atom stereocenters. The zero-order valence-electron chi connectivity index (χ0n) is 22.9. The summed E-state index contributed by atoms with van der Waals surface area (Å²) in [5.41, 5.74) is -0.962. The van der Waals surface area contributed by atoms with E-state index >= 15 is 0 Å². The summed E-state index contributed by atoms with van der Waals surface area (Å²) in [4.78, 5) is 66.4. The van der Waals surface area contributed by atoms with Gasteiger partial charge in [-0.15, -0.1) is 0 Å². The molecule has 0 bridgehead atoms. The van der Waals surface area contributed by atoms with Crippen LogP contribution in [-0.4, -0.2) is 76.8 Å². The molecule has 3 N–H and O–H groups in total. The van der Waals surface area contributed by atoms with Crippen LogP contribution in [0, 0.1) is 22.7 Å². The van der Waals surface area contributed by atoms with Gasteiger partial charge in [-0.05, 0) is 49.4 Å². The predicted octanol–water partition coefficient (Wildman–Crippen LogP) is 1.86. The van der Waals surface area contributed by atoms with Crippen LogP contribution in [0.1, 0.15) is 73.1 Å². The summed E-state index contributed by atoms with van der Waals surface area (Å²) in [5.74, 6) is -3.41. The molecule has 10 nitrogen and oxygen atoms in total.